The highest BCUT2D eigenvalue weighted by atomic mass is 32.2. The predicted molar refractivity (Wildman–Crippen MR) is 96.4 cm³/mol. The molecule has 5 nitrogen and oxygen atoms in total. The fourth-order valence-corrected chi connectivity index (χ4v) is 4.36. The maximum atomic E-state index is 12.7. The van der Waals surface area contributed by atoms with Crippen LogP contribution < -0.4 is 4.72 Å². The van der Waals surface area contributed by atoms with Crippen molar-refractivity contribution in [2.75, 3.05) is 6.54 Å². The number of nitrogens with one attached hydrogen (secondary N) is 1. The van der Waals surface area contributed by atoms with Crippen LogP contribution in [0.3, 0.4) is 0 Å². The smallest absolute Gasteiger partial charge is 0.241 e. The minimum Gasteiger partial charge on any atom is -0.338 e. The Morgan fingerprint density at radius 2 is 1.84 bits per heavy atom. The van der Waals surface area contributed by atoms with Crippen LogP contribution in [0.25, 0.3) is 0 Å². The zero-order valence-electron chi connectivity index (χ0n) is 14.4. The summed E-state index contributed by atoms with van der Waals surface area (Å²) in [6, 6.07) is 14.3. The van der Waals surface area contributed by atoms with Gasteiger partial charge in [0, 0.05) is 26.1 Å². The average molecular weight is 358 g/mol. The van der Waals surface area contributed by atoms with Gasteiger partial charge in [-0.1, -0.05) is 36.4 Å². The van der Waals surface area contributed by atoms with Crippen molar-refractivity contribution < 1.29 is 13.2 Å². The molecule has 25 heavy (non-hydrogen) atoms. The van der Waals surface area contributed by atoms with Crippen molar-refractivity contribution in [3.8, 4) is 0 Å². The number of hydrogen-bond donors (Lipinski definition) is 1. The van der Waals surface area contributed by atoms with Gasteiger partial charge in [0.25, 0.3) is 0 Å². The minimum atomic E-state index is -3.63. The molecular formula is C19H22N2O3S. The highest BCUT2D eigenvalue weighted by Crippen LogP contribution is 2.24. The van der Waals surface area contributed by atoms with Gasteiger partial charge in [-0.2, -0.15) is 0 Å². The maximum Gasteiger partial charge on any atom is 0.241 e. The second-order valence-electron chi connectivity index (χ2n) is 6.37. The molecule has 0 radical (unpaired) electrons. The molecule has 1 aliphatic heterocycles. The molecule has 1 amide bonds. The molecule has 1 N–H and O–H groups in total. The first-order valence-corrected chi connectivity index (χ1v) is 9.80. The number of sulfonamides is 1. The van der Waals surface area contributed by atoms with E-state index in [1.165, 1.54) is 6.92 Å². The van der Waals surface area contributed by atoms with E-state index in [9.17, 15) is 13.2 Å². The minimum absolute atomic E-state index is 0.00901. The Labute approximate surface area is 148 Å². The van der Waals surface area contributed by atoms with Crippen molar-refractivity contribution in [1.29, 1.82) is 0 Å². The third-order valence-electron chi connectivity index (χ3n) is 4.58. The van der Waals surface area contributed by atoms with E-state index >= 15 is 0 Å². The van der Waals surface area contributed by atoms with Crippen LogP contribution >= 0.6 is 0 Å². The first-order valence-electron chi connectivity index (χ1n) is 8.31. The Balaban J connectivity index is 1.83. The van der Waals surface area contributed by atoms with Gasteiger partial charge in [0.15, 0.2) is 0 Å². The fraction of sp³-hybridized carbons (Fsp3) is 0.316. The van der Waals surface area contributed by atoms with Gasteiger partial charge in [-0.05, 0) is 42.2 Å². The molecule has 0 bridgehead atoms. The normalized spacial score (nSPS) is 15.5. The van der Waals surface area contributed by atoms with E-state index in [0.29, 0.717) is 13.1 Å². The zero-order chi connectivity index (χ0) is 18.0. The van der Waals surface area contributed by atoms with Crippen LogP contribution in [0.4, 0.5) is 0 Å². The average Bonchev–Trinajstić information content (AvgIpc) is 2.61. The van der Waals surface area contributed by atoms with Gasteiger partial charge < -0.3 is 4.90 Å². The van der Waals surface area contributed by atoms with E-state index in [1.807, 2.05) is 43.3 Å². The van der Waals surface area contributed by atoms with Gasteiger partial charge in [0.2, 0.25) is 15.9 Å². The first kappa shape index (κ1) is 17.6. The van der Waals surface area contributed by atoms with Gasteiger partial charge in [-0.25, -0.2) is 13.1 Å². The SMILES string of the molecule is CC(=O)N1CCc2ccc(S(=O)(=O)N[C@@H](C)c3ccccc3)cc2C1. The van der Waals surface area contributed by atoms with Gasteiger partial charge in [-0.15, -0.1) is 0 Å². The molecule has 0 unspecified atom stereocenters. The lowest BCUT2D eigenvalue weighted by Crippen LogP contribution is -2.34. The molecule has 2 aromatic carbocycles. The lowest BCUT2D eigenvalue weighted by Gasteiger charge is -2.28. The van der Waals surface area contributed by atoms with Crippen LogP contribution in [0.1, 0.15) is 36.6 Å². The monoisotopic (exact) mass is 358 g/mol. The summed E-state index contributed by atoms with van der Waals surface area (Å²) in [5.41, 5.74) is 2.91. The van der Waals surface area contributed by atoms with E-state index < -0.39 is 10.0 Å². The first-order chi connectivity index (χ1) is 11.9. The molecule has 0 saturated heterocycles. The summed E-state index contributed by atoms with van der Waals surface area (Å²) in [7, 11) is -3.63. The highest BCUT2D eigenvalue weighted by Gasteiger charge is 2.23. The summed E-state index contributed by atoms with van der Waals surface area (Å²) in [4.78, 5) is 13.6. The second-order valence-corrected chi connectivity index (χ2v) is 8.09. The number of carbonyl (C=O) groups is 1. The quantitative estimate of drug-likeness (QED) is 0.914. The number of hydrogen-bond acceptors (Lipinski definition) is 3. The topological polar surface area (TPSA) is 66.5 Å². The number of rotatable bonds is 4. The van der Waals surface area contributed by atoms with Gasteiger partial charge >= 0.3 is 0 Å². The molecule has 0 saturated carbocycles. The zero-order valence-corrected chi connectivity index (χ0v) is 15.2. The third-order valence-corrected chi connectivity index (χ3v) is 6.12. The summed E-state index contributed by atoms with van der Waals surface area (Å²) in [5, 5.41) is 0. The van der Waals surface area contributed by atoms with E-state index in [4.69, 9.17) is 0 Å². The van der Waals surface area contributed by atoms with Crippen LogP contribution in [0, 0.1) is 0 Å². The van der Waals surface area contributed by atoms with E-state index in [-0.39, 0.29) is 16.8 Å². The maximum absolute atomic E-state index is 12.7. The van der Waals surface area contributed by atoms with Crippen molar-refractivity contribution in [2.24, 2.45) is 0 Å². The summed E-state index contributed by atoms with van der Waals surface area (Å²) in [5.74, 6) is 0.00901. The van der Waals surface area contributed by atoms with Crippen molar-refractivity contribution in [3.63, 3.8) is 0 Å². The van der Waals surface area contributed by atoms with Crippen molar-refractivity contribution in [2.45, 2.75) is 37.8 Å². The molecule has 1 aliphatic rings. The summed E-state index contributed by atoms with van der Waals surface area (Å²) >= 11 is 0. The number of nitrogens with zero attached hydrogens (tertiary/aromatic N) is 1. The van der Waals surface area contributed by atoms with Gasteiger partial charge in [-0.3, -0.25) is 4.79 Å². The summed E-state index contributed by atoms with van der Waals surface area (Å²) in [6.07, 6.45) is 0.753. The molecule has 3 rings (SSSR count). The Morgan fingerprint density at radius 1 is 1.12 bits per heavy atom. The predicted octanol–water partition coefficient (Wildman–Crippen LogP) is 2.63. The van der Waals surface area contributed by atoms with Crippen LogP contribution in [0.15, 0.2) is 53.4 Å². The Kier molecular flexibility index (Phi) is 4.92. The van der Waals surface area contributed by atoms with Gasteiger partial charge in [0.1, 0.15) is 0 Å². The number of carbonyl (C=O) groups excluding carboxylic acids is 1. The lowest BCUT2D eigenvalue weighted by atomic mass is 10.00. The molecule has 6 heteroatoms. The van der Waals surface area contributed by atoms with Crippen LogP contribution in [-0.2, 0) is 27.8 Å². The van der Waals surface area contributed by atoms with Crippen LogP contribution in [0.2, 0.25) is 0 Å². The van der Waals surface area contributed by atoms with Crippen molar-refractivity contribution >= 4 is 15.9 Å². The van der Waals surface area contributed by atoms with Gasteiger partial charge in [0.05, 0.1) is 4.90 Å². The molecule has 0 fully saturated rings. The second kappa shape index (κ2) is 6.98. The molecule has 0 aromatic heterocycles. The van der Waals surface area contributed by atoms with Crippen molar-refractivity contribution in [1.82, 2.24) is 9.62 Å². The Bertz CT molecular complexity index is 879. The molecular weight excluding hydrogens is 336 g/mol. The van der Waals surface area contributed by atoms with E-state index in [1.54, 1.807) is 17.0 Å². The highest BCUT2D eigenvalue weighted by molar-refractivity contribution is 7.89. The lowest BCUT2D eigenvalue weighted by molar-refractivity contribution is -0.129. The standard InChI is InChI=1S/C19H22N2O3S/c1-14(16-6-4-3-5-7-16)20-25(23,24)19-9-8-17-10-11-21(15(2)22)13-18(17)12-19/h3-9,12,14,20H,10-11,13H2,1-2H3/t14-/m0/s1. The fourth-order valence-electron chi connectivity index (χ4n) is 3.08. The molecule has 2 aromatic rings. The van der Waals surface area contributed by atoms with E-state index in [0.717, 1.165) is 23.1 Å². The number of amides is 1. The molecule has 1 heterocycles. The summed E-state index contributed by atoms with van der Waals surface area (Å²) < 4.78 is 28.2. The molecule has 0 spiro atoms. The largest absolute Gasteiger partial charge is 0.338 e. The van der Waals surface area contributed by atoms with E-state index in [2.05, 4.69) is 4.72 Å². The number of fused-ring (bicyclic) bond motifs is 1. The van der Waals surface area contributed by atoms with Crippen molar-refractivity contribution in [3.05, 3.63) is 65.2 Å². The number of benzene rings is 2. The third kappa shape index (κ3) is 3.91. The van der Waals surface area contributed by atoms with Crippen LogP contribution in [0.5, 0.6) is 0 Å². The Morgan fingerprint density at radius 3 is 2.52 bits per heavy atom. The summed E-state index contributed by atoms with van der Waals surface area (Å²) in [6.45, 7) is 4.50. The molecule has 0 aliphatic carbocycles. The molecule has 132 valence electrons. The Hall–Kier alpha value is -2.18. The molecule has 1 atom stereocenters. The van der Waals surface area contributed by atoms with Crippen LogP contribution in [-0.4, -0.2) is 25.8 Å².